The van der Waals surface area contributed by atoms with E-state index in [1.165, 1.54) is 19.1 Å². The molecule has 0 aromatic heterocycles. The van der Waals surface area contributed by atoms with Crippen LogP contribution in [0.5, 0.6) is 0 Å². The zero-order valence-corrected chi connectivity index (χ0v) is 10.8. The number of benzene rings is 1. The Morgan fingerprint density at radius 1 is 1.42 bits per heavy atom. The van der Waals surface area contributed by atoms with Gasteiger partial charge in [-0.1, -0.05) is 11.6 Å². The van der Waals surface area contributed by atoms with Crippen LogP contribution in [0.4, 0.5) is 5.69 Å². The van der Waals surface area contributed by atoms with Crippen molar-refractivity contribution in [3.63, 3.8) is 0 Å². The number of hydrogen-bond acceptors (Lipinski definition) is 6. The Kier molecular flexibility index (Phi) is 4.82. The highest BCUT2D eigenvalue weighted by molar-refractivity contribution is 6.32. The van der Waals surface area contributed by atoms with Gasteiger partial charge in [0.1, 0.15) is 5.02 Å². The van der Waals surface area contributed by atoms with Crippen LogP contribution in [0.2, 0.25) is 5.02 Å². The van der Waals surface area contributed by atoms with Crippen LogP contribution < -0.4 is 0 Å². The molecule has 0 aliphatic heterocycles. The predicted octanol–water partition coefficient (Wildman–Crippen LogP) is 1.97. The van der Waals surface area contributed by atoms with E-state index in [1.54, 1.807) is 0 Å². The largest absolute Gasteiger partial charge is 0.466 e. The van der Waals surface area contributed by atoms with Gasteiger partial charge >= 0.3 is 11.9 Å². The van der Waals surface area contributed by atoms with E-state index in [0.29, 0.717) is 0 Å². The van der Waals surface area contributed by atoms with Crippen molar-refractivity contribution in [1.82, 2.24) is 0 Å². The fraction of sp³-hybridized carbons (Fsp3) is 0.273. The Balaban J connectivity index is 2.92. The van der Waals surface area contributed by atoms with Gasteiger partial charge in [-0.2, -0.15) is 0 Å². The molecule has 0 aliphatic carbocycles. The lowest BCUT2D eigenvalue weighted by Crippen LogP contribution is -2.25. The molecule has 0 radical (unpaired) electrons. The standard InChI is InChI=1S/C11H10ClNO6/c1-6(10(14)18-2)19-11(15)7-3-4-8(12)9(5-7)13(16)17/h3-6H,1-2H3/t6-/m1/s1. The zero-order chi connectivity index (χ0) is 14.6. The van der Waals surface area contributed by atoms with E-state index in [2.05, 4.69) is 4.74 Å². The first kappa shape index (κ1) is 14.9. The molecule has 1 atom stereocenters. The third-order valence-corrected chi connectivity index (χ3v) is 2.52. The Morgan fingerprint density at radius 2 is 2.05 bits per heavy atom. The van der Waals surface area contributed by atoms with Crippen molar-refractivity contribution >= 4 is 29.2 Å². The lowest BCUT2D eigenvalue weighted by atomic mass is 10.2. The molecule has 7 nitrogen and oxygen atoms in total. The van der Waals surface area contributed by atoms with Crippen LogP contribution in [-0.4, -0.2) is 30.1 Å². The van der Waals surface area contributed by atoms with Crippen molar-refractivity contribution in [2.75, 3.05) is 7.11 Å². The Hall–Kier alpha value is -2.15. The molecule has 0 unspecified atom stereocenters. The van der Waals surface area contributed by atoms with Crippen molar-refractivity contribution in [3.8, 4) is 0 Å². The Morgan fingerprint density at radius 3 is 2.58 bits per heavy atom. The maximum absolute atomic E-state index is 11.7. The number of carbonyl (C=O) groups is 2. The summed E-state index contributed by atoms with van der Waals surface area (Å²) in [5, 5.41) is 10.6. The number of ether oxygens (including phenoxy) is 2. The molecule has 102 valence electrons. The average molecular weight is 288 g/mol. The third kappa shape index (κ3) is 3.65. The minimum absolute atomic E-state index is 0.0770. The topological polar surface area (TPSA) is 95.7 Å². The molecule has 8 heteroatoms. The van der Waals surface area contributed by atoms with Crippen molar-refractivity contribution in [2.24, 2.45) is 0 Å². The summed E-state index contributed by atoms with van der Waals surface area (Å²) in [5.74, 6) is -1.60. The zero-order valence-electron chi connectivity index (χ0n) is 10.1. The third-order valence-electron chi connectivity index (χ3n) is 2.20. The molecule has 0 saturated carbocycles. The summed E-state index contributed by atoms with van der Waals surface area (Å²) < 4.78 is 9.17. The Labute approximate surface area is 113 Å². The SMILES string of the molecule is COC(=O)[C@@H](C)OC(=O)c1ccc(Cl)c([N+](=O)[O-])c1. The molecule has 0 aliphatic rings. The molecular weight excluding hydrogens is 278 g/mol. The first-order chi connectivity index (χ1) is 8.86. The predicted molar refractivity (Wildman–Crippen MR) is 65.0 cm³/mol. The second-order valence-corrected chi connectivity index (χ2v) is 3.90. The summed E-state index contributed by atoms with van der Waals surface area (Å²) in [6, 6.07) is 3.45. The lowest BCUT2D eigenvalue weighted by molar-refractivity contribution is -0.384. The van der Waals surface area contributed by atoms with Gasteiger partial charge in [-0.05, 0) is 19.1 Å². The number of halogens is 1. The second-order valence-electron chi connectivity index (χ2n) is 3.49. The molecule has 0 amide bonds. The minimum Gasteiger partial charge on any atom is -0.466 e. The number of carbonyl (C=O) groups excluding carboxylic acids is 2. The summed E-state index contributed by atoms with van der Waals surface area (Å²) in [6.07, 6.45) is -1.10. The highest BCUT2D eigenvalue weighted by Gasteiger charge is 2.22. The van der Waals surface area contributed by atoms with Crippen LogP contribution in [0.3, 0.4) is 0 Å². The molecule has 0 N–H and O–H groups in total. The number of rotatable bonds is 4. The first-order valence-corrected chi connectivity index (χ1v) is 5.47. The van der Waals surface area contributed by atoms with Gasteiger partial charge in [0, 0.05) is 6.07 Å². The van der Waals surface area contributed by atoms with Crippen LogP contribution >= 0.6 is 11.6 Å². The van der Waals surface area contributed by atoms with Crippen LogP contribution in [0.25, 0.3) is 0 Å². The summed E-state index contributed by atoms with van der Waals surface area (Å²) in [6.45, 7) is 1.33. The van der Waals surface area contributed by atoms with E-state index in [9.17, 15) is 19.7 Å². The van der Waals surface area contributed by atoms with Gasteiger partial charge in [0.2, 0.25) is 0 Å². The molecule has 0 saturated heterocycles. The quantitative estimate of drug-likeness (QED) is 0.477. The van der Waals surface area contributed by atoms with Crippen LogP contribution in [-0.2, 0) is 14.3 Å². The van der Waals surface area contributed by atoms with E-state index in [4.69, 9.17) is 16.3 Å². The van der Waals surface area contributed by atoms with Crippen LogP contribution in [0, 0.1) is 10.1 Å². The average Bonchev–Trinajstić information content (AvgIpc) is 2.37. The maximum Gasteiger partial charge on any atom is 0.346 e. The molecule has 19 heavy (non-hydrogen) atoms. The smallest absolute Gasteiger partial charge is 0.346 e. The molecule has 0 spiro atoms. The van der Waals surface area contributed by atoms with Gasteiger partial charge in [0.05, 0.1) is 17.6 Å². The van der Waals surface area contributed by atoms with Crippen molar-refractivity contribution in [3.05, 3.63) is 38.9 Å². The van der Waals surface area contributed by atoms with Gasteiger partial charge in [0.15, 0.2) is 6.10 Å². The molecule has 1 rings (SSSR count). The van der Waals surface area contributed by atoms with Crippen molar-refractivity contribution in [1.29, 1.82) is 0 Å². The highest BCUT2D eigenvalue weighted by Crippen LogP contribution is 2.25. The van der Waals surface area contributed by atoms with E-state index in [0.717, 1.165) is 13.2 Å². The first-order valence-electron chi connectivity index (χ1n) is 5.09. The van der Waals surface area contributed by atoms with E-state index in [-0.39, 0.29) is 10.6 Å². The molecular formula is C11H10ClNO6. The lowest BCUT2D eigenvalue weighted by Gasteiger charge is -2.10. The number of hydrogen-bond donors (Lipinski definition) is 0. The van der Waals surface area contributed by atoms with Gasteiger partial charge < -0.3 is 9.47 Å². The number of esters is 2. The summed E-state index contributed by atoms with van der Waals surface area (Å²) in [5.41, 5.74) is -0.492. The number of nitro groups is 1. The fourth-order valence-corrected chi connectivity index (χ4v) is 1.41. The van der Waals surface area contributed by atoms with Crippen LogP contribution in [0.15, 0.2) is 18.2 Å². The molecule has 0 fully saturated rings. The van der Waals surface area contributed by atoms with E-state index >= 15 is 0 Å². The monoisotopic (exact) mass is 287 g/mol. The fourth-order valence-electron chi connectivity index (χ4n) is 1.22. The van der Waals surface area contributed by atoms with E-state index < -0.39 is 28.7 Å². The summed E-state index contributed by atoms with van der Waals surface area (Å²) in [4.78, 5) is 32.7. The minimum atomic E-state index is -1.10. The molecule has 0 bridgehead atoms. The summed E-state index contributed by atoms with van der Waals surface area (Å²) >= 11 is 5.61. The van der Waals surface area contributed by atoms with E-state index in [1.807, 2.05) is 0 Å². The van der Waals surface area contributed by atoms with Gasteiger partial charge in [-0.3, -0.25) is 10.1 Å². The molecule has 1 aromatic rings. The maximum atomic E-state index is 11.7. The van der Waals surface area contributed by atoms with Crippen LogP contribution in [0.1, 0.15) is 17.3 Å². The molecule has 1 aromatic carbocycles. The number of nitrogens with zero attached hydrogens (tertiary/aromatic N) is 1. The number of nitro benzene ring substituents is 1. The van der Waals surface area contributed by atoms with Gasteiger partial charge in [-0.25, -0.2) is 9.59 Å². The van der Waals surface area contributed by atoms with Gasteiger partial charge in [0.25, 0.3) is 5.69 Å². The number of methoxy groups -OCH3 is 1. The van der Waals surface area contributed by atoms with Gasteiger partial charge in [-0.15, -0.1) is 0 Å². The summed E-state index contributed by atoms with van der Waals surface area (Å²) in [7, 11) is 1.15. The normalized spacial score (nSPS) is 11.5. The van der Waals surface area contributed by atoms with Crippen molar-refractivity contribution in [2.45, 2.75) is 13.0 Å². The second kappa shape index (κ2) is 6.14. The van der Waals surface area contributed by atoms with Crippen molar-refractivity contribution < 1.29 is 24.0 Å². The highest BCUT2D eigenvalue weighted by atomic mass is 35.5. The molecule has 0 heterocycles. The Bertz CT molecular complexity index is 530.